The number of rotatable bonds is 7. The SMILES string of the molecule is Cc1noc(C)c1COc1ccc(C(=O)O[C@@H](C)C(=O)Nc2ccccc2)cc1. The van der Waals surface area contributed by atoms with E-state index in [0.717, 1.165) is 11.3 Å². The van der Waals surface area contributed by atoms with Crippen molar-refractivity contribution in [3.8, 4) is 5.75 Å². The van der Waals surface area contributed by atoms with Crippen LogP contribution in [0.15, 0.2) is 59.1 Å². The predicted octanol–water partition coefficient (Wildman–Crippen LogP) is 4.05. The van der Waals surface area contributed by atoms with Crippen LogP contribution in [-0.4, -0.2) is 23.1 Å². The molecule has 7 heteroatoms. The van der Waals surface area contributed by atoms with E-state index in [0.29, 0.717) is 29.4 Å². The van der Waals surface area contributed by atoms with Crippen LogP contribution < -0.4 is 10.1 Å². The maximum atomic E-state index is 12.3. The van der Waals surface area contributed by atoms with Crippen molar-refractivity contribution in [2.45, 2.75) is 33.5 Å². The number of amides is 1. The first-order valence-electron chi connectivity index (χ1n) is 9.15. The molecule has 0 aliphatic rings. The van der Waals surface area contributed by atoms with Gasteiger partial charge in [-0.3, -0.25) is 4.79 Å². The highest BCUT2D eigenvalue weighted by Gasteiger charge is 2.19. The molecular formula is C22H22N2O5. The van der Waals surface area contributed by atoms with Gasteiger partial charge in [0.25, 0.3) is 5.91 Å². The smallest absolute Gasteiger partial charge is 0.338 e. The molecule has 1 heterocycles. The number of aryl methyl sites for hydroxylation is 2. The number of ether oxygens (including phenoxy) is 2. The minimum absolute atomic E-state index is 0.321. The lowest BCUT2D eigenvalue weighted by Gasteiger charge is -2.14. The summed E-state index contributed by atoms with van der Waals surface area (Å²) >= 11 is 0. The van der Waals surface area contributed by atoms with Gasteiger partial charge in [0.15, 0.2) is 6.10 Å². The Morgan fingerprint density at radius 2 is 1.76 bits per heavy atom. The van der Waals surface area contributed by atoms with Gasteiger partial charge in [0.05, 0.1) is 16.8 Å². The van der Waals surface area contributed by atoms with Crippen LogP contribution in [0.4, 0.5) is 5.69 Å². The summed E-state index contributed by atoms with van der Waals surface area (Å²) in [7, 11) is 0. The Balaban J connectivity index is 1.53. The molecule has 3 aromatic rings. The third kappa shape index (κ3) is 5.22. The van der Waals surface area contributed by atoms with Crippen molar-refractivity contribution in [3.63, 3.8) is 0 Å². The summed E-state index contributed by atoms with van der Waals surface area (Å²) in [5, 5.41) is 6.58. The molecule has 150 valence electrons. The van der Waals surface area contributed by atoms with Crippen molar-refractivity contribution in [2.24, 2.45) is 0 Å². The zero-order chi connectivity index (χ0) is 20.8. The van der Waals surface area contributed by atoms with Gasteiger partial charge in [-0.25, -0.2) is 4.79 Å². The second kappa shape index (κ2) is 9.05. The number of hydrogen-bond donors (Lipinski definition) is 1. The normalized spacial score (nSPS) is 11.6. The number of benzene rings is 2. The third-order valence-corrected chi connectivity index (χ3v) is 4.35. The van der Waals surface area contributed by atoms with Gasteiger partial charge in [0, 0.05) is 5.69 Å². The minimum Gasteiger partial charge on any atom is -0.489 e. The highest BCUT2D eigenvalue weighted by molar-refractivity contribution is 5.97. The zero-order valence-electron chi connectivity index (χ0n) is 16.5. The molecule has 1 N–H and O–H groups in total. The van der Waals surface area contributed by atoms with Gasteiger partial charge in [0.2, 0.25) is 0 Å². The van der Waals surface area contributed by atoms with E-state index in [1.54, 1.807) is 36.4 Å². The van der Waals surface area contributed by atoms with Crippen LogP contribution in [0.1, 0.15) is 34.3 Å². The first kappa shape index (κ1) is 20.1. The molecule has 0 radical (unpaired) electrons. The number of esters is 1. The molecular weight excluding hydrogens is 372 g/mol. The second-order valence-corrected chi connectivity index (χ2v) is 6.52. The number of nitrogens with zero attached hydrogens (tertiary/aromatic N) is 1. The van der Waals surface area contributed by atoms with E-state index < -0.39 is 18.0 Å². The van der Waals surface area contributed by atoms with Gasteiger partial charge in [-0.05, 0) is 57.2 Å². The van der Waals surface area contributed by atoms with Crippen LogP contribution in [-0.2, 0) is 16.1 Å². The molecule has 0 saturated heterocycles. The number of hydrogen-bond acceptors (Lipinski definition) is 6. The van der Waals surface area contributed by atoms with Crippen LogP contribution in [0.2, 0.25) is 0 Å². The Labute approximate surface area is 168 Å². The summed E-state index contributed by atoms with van der Waals surface area (Å²) in [5.41, 5.74) is 2.64. The van der Waals surface area contributed by atoms with Crippen molar-refractivity contribution in [1.29, 1.82) is 0 Å². The Morgan fingerprint density at radius 1 is 1.07 bits per heavy atom. The van der Waals surface area contributed by atoms with Crippen LogP contribution >= 0.6 is 0 Å². The summed E-state index contributed by atoms with van der Waals surface area (Å²) in [6.07, 6.45) is -0.932. The summed E-state index contributed by atoms with van der Waals surface area (Å²) in [6, 6.07) is 15.5. The van der Waals surface area contributed by atoms with E-state index in [4.69, 9.17) is 14.0 Å². The summed E-state index contributed by atoms with van der Waals surface area (Å²) in [6.45, 7) is 5.52. The van der Waals surface area contributed by atoms with E-state index >= 15 is 0 Å². The Bertz CT molecular complexity index is 961. The number of aromatic nitrogens is 1. The van der Waals surface area contributed by atoms with Gasteiger partial charge in [0.1, 0.15) is 18.1 Å². The first-order chi connectivity index (χ1) is 13.9. The van der Waals surface area contributed by atoms with Crippen LogP contribution in [0.3, 0.4) is 0 Å². The molecule has 7 nitrogen and oxygen atoms in total. The van der Waals surface area contributed by atoms with Crippen molar-refractivity contribution >= 4 is 17.6 Å². The molecule has 29 heavy (non-hydrogen) atoms. The van der Waals surface area contributed by atoms with Gasteiger partial charge >= 0.3 is 5.97 Å². The fourth-order valence-electron chi connectivity index (χ4n) is 2.60. The number of carbonyl (C=O) groups excluding carboxylic acids is 2. The van der Waals surface area contributed by atoms with Crippen molar-refractivity contribution in [2.75, 3.05) is 5.32 Å². The number of para-hydroxylation sites is 1. The van der Waals surface area contributed by atoms with Gasteiger partial charge < -0.3 is 19.3 Å². The molecule has 1 aromatic heterocycles. The molecule has 0 aliphatic heterocycles. The van der Waals surface area contributed by atoms with Crippen LogP contribution in [0.5, 0.6) is 5.75 Å². The number of anilines is 1. The number of carbonyl (C=O) groups is 2. The molecule has 1 amide bonds. The fraction of sp³-hybridized carbons (Fsp3) is 0.227. The van der Waals surface area contributed by atoms with Crippen molar-refractivity contribution in [1.82, 2.24) is 5.16 Å². The molecule has 2 aromatic carbocycles. The molecule has 0 bridgehead atoms. The third-order valence-electron chi connectivity index (χ3n) is 4.35. The van der Waals surface area contributed by atoms with Gasteiger partial charge in [-0.1, -0.05) is 23.4 Å². The first-order valence-corrected chi connectivity index (χ1v) is 9.15. The standard InChI is InChI=1S/C22H22N2O5/c1-14-20(15(2)29-24-14)13-27-19-11-9-17(10-12-19)22(26)28-16(3)21(25)23-18-7-5-4-6-8-18/h4-12,16H,13H2,1-3H3,(H,23,25)/t16-/m0/s1. The fourth-order valence-corrected chi connectivity index (χ4v) is 2.60. The second-order valence-electron chi connectivity index (χ2n) is 6.52. The van der Waals surface area contributed by atoms with E-state index in [1.807, 2.05) is 32.0 Å². The average molecular weight is 394 g/mol. The maximum absolute atomic E-state index is 12.3. The minimum atomic E-state index is -0.932. The largest absolute Gasteiger partial charge is 0.489 e. The molecule has 0 saturated carbocycles. The molecule has 0 aliphatic carbocycles. The Hall–Kier alpha value is -3.61. The van der Waals surface area contributed by atoms with E-state index in [1.165, 1.54) is 6.92 Å². The highest BCUT2D eigenvalue weighted by Crippen LogP contribution is 2.18. The molecule has 1 atom stereocenters. The summed E-state index contributed by atoms with van der Waals surface area (Å²) < 4.78 is 16.1. The molecule has 0 fully saturated rings. The predicted molar refractivity (Wildman–Crippen MR) is 107 cm³/mol. The van der Waals surface area contributed by atoms with E-state index in [9.17, 15) is 9.59 Å². The average Bonchev–Trinajstić information content (AvgIpc) is 3.05. The lowest BCUT2D eigenvalue weighted by atomic mass is 10.2. The molecule has 0 unspecified atom stereocenters. The topological polar surface area (TPSA) is 90.7 Å². The molecule has 0 spiro atoms. The summed E-state index contributed by atoms with van der Waals surface area (Å²) in [5.74, 6) is 0.323. The quantitative estimate of drug-likeness (QED) is 0.608. The Kier molecular flexibility index (Phi) is 6.29. The monoisotopic (exact) mass is 394 g/mol. The van der Waals surface area contributed by atoms with Crippen LogP contribution in [0.25, 0.3) is 0 Å². The molecule has 3 rings (SSSR count). The van der Waals surface area contributed by atoms with Crippen molar-refractivity contribution < 1.29 is 23.6 Å². The van der Waals surface area contributed by atoms with Gasteiger partial charge in [-0.2, -0.15) is 0 Å². The Morgan fingerprint density at radius 3 is 2.38 bits per heavy atom. The van der Waals surface area contributed by atoms with E-state index in [2.05, 4.69) is 10.5 Å². The zero-order valence-corrected chi connectivity index (χ0v) is 16.5. The summed E-state index contributed by atoms with van der Waals surface area (Å²) in [4.78, 5) is 24.5. The van der Waals surface area contributed by atoms with Crippen molar-refractivity contribution in [3.05, 3.63) is 77.2 Å². The van der Waals surface area contributed by atoms with Crippen LogP contribution in [0, 0.1) is 13.8 Å². The number of nitrogens with one attached hydrogen (secondary N) is 1. The lowest BCUT2D eigenvalue weighted by molar-refractivity contribution is -0.123. The van der Waals surface area contributed by atoms with E-state index in [-0.39, 0.29) is 0 Å². The maximum Gasteiger partial charge on any atom is 0.338 e. The highest BCUT2D eigenvalue weighted by atomic mass is 16.5. The van der Waals surface area contributed by atoms with Gasteiger partial charge in [-0.15, -0.1) is 0 Å². The lowest BCUT2D eigenvalue weighted by Crippen LogP contribution is -2.29.